The first-order chi connectivity index (χ1) is 2.64. The van der Waals surface area contributed by atoms with Crippen LogP contribution >= 0.6 is 0 Å². The Hall–Kier alpha value is 0.625. The van der Waals surface area contributed by atoms with E-state index in [0.717, 1.165) is 0 Å². The topological polar surface area (TPSA) is 63.3 Å². The molecule has 0 aliphatic rings. The number of carbonyl (C=O) groups is 1. The van der Waals surface area contributed by atoms with Crippen LogP contribution in [-0.2, 0) is 4.79 Å². The molecule has 39 valence electrons. The van der Waals surface area contributed by atoms with Crippen molar-refractivity contribution in [1.82, 2.24) is 0 Å². The molecule has 0 aromatic carbocycles. The average Bonchev–Trinajstić information content (AvgIpc) is 1.36. The second kappa shape index (κ2) is 4.78. The van der Waals surface area contributed by atoms with Crippen LogP contribution in [0.15, 0.2) is 0 Å². The molecule has 0 saturated carbocycles. The second-order valence-corrected chi connectivity index (χ2v) is 1.13. The van der Waals surface area contributed by atoms with Gasteiger partial charge in [0.1, 0.15) is 6.04 Å². The Bertz CT molecular complexity index is 64.0. The van der Waals surface area contributed by atoms with Gasteiger partial charge in [-0.25, -0.2) is 0 Å². The third-order valence-corrected chi connectivity index (χ3v) is 0.390. The molecular weight excluding hydrogens is 221 g/mol. The van der Waals surface area contributed by atoms with Crippen molar-refractivity contribution in [2.75, 3.05) is 0 Å². The normalized spacial score (nSPS) is 11.7. The summed E-state index contributed by atoms with van der Waals surface area (Å²) in [5.74, 6) is -0.963. The third-order valence-electron chi connectivity index (χ3n) is 0.390. The largest absolute Gasteiger partial charge is 0.480 e. The van der Waals surface area contributed by atoms with Crippen molar-refractivity contribution < 1.29 is 45.5 Å². The van der Waals surface area contributed by atoms with Gasteiger partial charge in [-0.15, -0.1) is 0 Å². The van der Waals surface area contributed by atoms with Crippen molar-refractivity contribution in [3.8, 4) is 0 Å². The molecule has 0 rings (SSSR count). The van der Waals surface area contributed by atoms with Crippen LogP contribution in [0.2, 0.25) is 0 Å². The van der Waals surface area contributed by atoms with Gasteiger partial charge in [0.05, 0.1) is 0 Å². The van der Waals surface area contributed by atoms with E-state index < -0.39 is 12.0 Å². The van der Waals surface area contributed by atoms with Crippen LogP contribution < -0.4 is 5.73 Å². The van der Waals surface area contributed by atoms with E-state index in [1.165, 1.54) is 6.92 Å². The molecule has 3 N–H and O–H groups in total. The van der Waals surface area contributed by atoms with Crippen molar-refractivity contribution in [3.05, 3.63) is 0 Å². The maximum Gasteiger partial charge on any atom is 0.320 e. The first-order valence-corrected chi connectivity index (χ1v) is 1.63. The van der Waals surface area contributed by atoms with Crippen LogP contribution in [0.3, 0.4) is 0 Å². The zero-order valence-corrected chi connectivity index (χ0v) is 7.71. The zero-order chi connectivity index (χ0) is 5.15. The Balaban J connectivity index is 0. The average molecular weight is 228 g/mol. The van der Waals surface area contributed by atoms with Crippen LogP contribution in [-0.4, -0.2) is 17.1 Å². The van der Waals surface area contributed by atoms with Crippen LogP contribution in [0.25, 0.3) is 0 Å². The molecular formula is C3H7LaNO2. The summed E-state index contributed by atoms with van der Waals surface area (Å²) in [7, 11) is 0. The van der Waals surface area contributed by atoms with Gasteiger partial charge in [-0.2, -0.15) is 0 Å². The molecule has 3 nitrogen and oxygen atoms in total. The van der Waals surface area contributed by atoms with Gasteiger partial charge in [0.15, 0.2) is 0 Å². The molecule has 0 heterocycles. The Morgan fingerprint density at radius 2 is 2.00 bits per heavy atom. The molecule has 0 amide bonds. The van der Waals surface area contributed by atoms with Crippen molar-refractivity contribution >= 4 is 5.97 Å². The minimum Gasteiger partial charge on any atom is -0.480 e. The number of carboxylic acid groups (broad SMARTS) is 1. The van der Waals surface area contributed by atoms with Gasteiger partial charge in [0, 0.05) is 35.6 Å². The maximum atomic E-state index is 9.57. The van der Waals surface area contributed by atoms with Crippen molar-refractivity contribution in [2.45, 2.75) is 13.0 Å². The molecule has 0 aliphatic heterocycles. The van der Waals surface area contributed by atoms with Crippen molar-refractivity contribution in [1.29, 1.82) is 0 Å². The van der Waals surface area contributed by atoms with Gasteiger partial charge in [-0.05, 0) is 6.92 Å². The molecule has 0 aromatic heterocycles. The minimum atomic E-state index is -0.963. The summed E-state index contributed by atoms with van der Waals surface area (Å²) in [6, 6.07) is -0.731. The molecule has 1 atom stereocenters. The van der Waals surface area contributed by atoms with Crippen molar-refractivity contribution in [2.24, 2.45) is 5.73 Å². The zero-order valence-electron chi connectivity index (χ0n) is 4.09. The van der Waals surface area contributed by atoms with Crippen LogP contribution in [0.4, 0.5) is 0 Å². The number of nitrogens with two attached hydrogens (primary N) is 1. The number of hydrogen-bond donors (Lipinski definition) is 2. The SMILES string of the molecule is CC(N)C(=O)O.[La]. The molecule has 0 bridgehead atoms. The summed E-state index contributed by atoms with van der Waals surface area (Å²) < 4.78 is 0. The second-order valence-electron chi connectivity index (χ2n) is 1.13. The Labute approximate surface area is 69.9 Å². The van der Waals surface area contributed by atoms with E-state index in [4.69, 9.17) is 10.8 Å². The summed E-state index contributed by atoms with van der Waals surface area (Å²) >= 11 is 0. The van der Waals surface area contributed by atoms with E-state index in [0.29, 0.717) is 0 Å². The van der Waals surface area contributed by atoms with Crippen molar-refractivity contribution in [3.63, 3.8) is 0 Å². The van der Waals surface area contributed by atoms with Gasteiger partial charge in [0.25, 0.3) is 0 Å². The molecule has 4 heteroatoms. The molecule has 0 spiro atoms. The monoisotopic (exact) mass is 228 g/mol. The fourth-order valence-corrected chi connectivity index (χ4v) is 0. The number of aliphatic carboxylic acids is 1. The molecule has 0 aliphatic carbocycles. The number of carboxylic acids is 1. The van der Waals surface area contributed by atoms with E-state index in [-0.39, 0.29) is 35.6 Å². The van der Waals surface area contributed by atoms with Gasteiger partial charge in [-0.1, -0.05) is 0 Å². The third kappa shape index (κ3) is 6.62. The van der Waals surface area contributed by atoms with Gasteiger partial charge >= 0.3 is 5.97 Å². The Morgan fingerprint density at radius 1 is 1.86 bits per heavy atom. The van der Waals surface area contributed by atoms with E-state index in [1.807, 2.05) is 0 Å². The van der Waals surface area contributed by atoms with Crippen LogP contribution in [0.1, 0.15) is 6.92 Å². The van der Waals surface area contributed by atoms with Crippen LogP contribution in [0, 0.1) is 35.6 Å². The van der Waals surface area contributed by atoms with Crippen LogP contribution in [0.5, 0.6) is 0 Å². The van der Waals surface area contributed by atoms with Gasteiger partial charge in [0.2, 0.25) is 0 Å². The molecule has 1 radical (unpaired) electrons. The quantitative estimate of drug-likeness (QED) is 0.630. The molecule has 7 heavy (non-hydrogen) atoms. The Morgan fingerprint density at radius 3 is 2.00 bits per heavy atom. The van der Waals surface area contributed by atoms with E-state index in [1.54, 1.807) is 0 Å². The van der Waals surface area contributed by atoms with E-state index in [2.05, 4.69) is 0 Å². The summed E-state index contributed by atoms with van der Waals surface area (Å²) in [6.07, 6.45) is 0. The molecule has 1 unspecified atom stereocenters. The number of rotatable bonds is 1. The summed E-state index contributed by atoms with van der Waals surface area (Å²) in [5.41, 5.74) is 4.84. The summed E-state index contributed by atoms with van der Waals surface area (Å²) in [4.78, 5) is 9.57. The predicted molar refractivity (Wildman–Crippen MR) is 21.3 cm³/mol. The first kappa shape index (κ1) is 10.6. The Kier molecular flexibility index (Phi) is 7.22. The smallest absolute Gasteiger partial charge is 0.320 e. The predicted octanol–water partition coefficient (Wildman–Crippen LogP) is -0.582. The standard InChI is InChI=1S/C3H7NO2.La/c1-2(4)3(5)6;/h2H,4H2,1H3,(H,5,6);. The molecule has 0 fully saturated rings. The summed E-state index contributed by atoms with van der Waals surface area (Å²) in [5, 5.41) is 7.87. The summed E-state index contributed by atoms with van der Waals surface area (Å²) in [6.45, 7) is 1.42. The van der Waals surface area contributed by atoms with E-state index in [9.17, 15) is 4.79 Å². The minimum absolute atomic E-state index is 0. The van der Waals surface area contributed by atoms with Gasteiger partial charge < -0.3 is 10.8 Å². The molecule has 0 aromatic rings. The fraction of sp³-hybridized carbons (Fsp3) is 0.667. The number of hydrogen-bond acceptors (Lipinski definition) is 2. The van der Waals surface area contributed by atoms with Gasteiger partial charge in [-0.3, -0.25) is 4.79 Å². The fourth-order valence-electron chi connectivity index (χ4n) is 0. The maximum absolute atomic E-state index is 9.57. The van der Waals surface area contributed by atoms with E-state index >= 15 is 0 Å². The molecule has 0 saturated heterocycles. The first-order valence-electron chi connectivity index (χ1n) is 1.63.